The van der Waals surface area contributed by atoms with E-state index in [2.05, 4.69) is 56.3 Å². The second kappa shape index (κ2) is 7.02. The number of nitrogens with zero attached hydrogens (tertiary/aromatic N) is 3. The average molecular weight is 405 g/mol. The van der Waals surface area contributed by atoms with Crippen LogP contribution in [0.15, 0.2) is 66.4 Å². The SMILES string of the molecule is NCCc1ccc(-n2cnc3cnc4cc(Cl)c(-c5cccs5)cc4c32)cc1. The van der Waals surface area contributed by atoms with Crippen LogP contribution in [0.5, 0.6) is 0 Å². The minimum absolute atomic E-state index is 0.649. The molecule has 6 heteroatoms. The molecule has 0 spiro atoms. The zero-order valence-electron chi connectivity index (χ0n) is 15.0. The first-order chi connectivity index (χ1) is 13.7. The number of nitrogens with two attached hydrogens (primary N) is 1. The summed E-state index contributed by atoms with van der Waals surface area (Å²) in [6, 6.07) is 16.6. The fourth-order valence-corrected chi connectivity index (χ4v) is 4.59. The van der Waals surface area contributed by atoms with Gasteiger partial charge < -0.3 is 5.73 Å². The van der Waals surface area contributed by atoms with Crippen molar-refractivity contribution < 1.29 is 0 Å². The summed E-state index contributed by atoms with van der Waals surface area (Å²) in [6.45, 7) is 0.649. The summed E-state index contributed by atoms with van der Waals surface area (Å²) in [5.74, 6) is 0. The number of rotatable bonds is 4. The van der Waals surface area contributed by atoms with Crippen LogP contribution in [0.2, 0.25) is 5.02 Å². The molecular weight excluding hydrogens is 388 g/mol. The lowest BCUT2D eigenvalue weighted by molar-refractivity contribution is 0.966. The predicted octanol–water partition coefficient (Wildman–Crippen LogP) is 5.46. The van der Waals surface area contributed by atoms with Gasteiger partial charge in [-0.2, -0.15) is 0 Å². The third-order valence-electron chi connectivity index (χ3n) is 4.90. The minimum atomic E-state index is 0.649. The van der Waals surface area contributed by atoms with Crippen molar-refractivity contribution in [1.82, 2.24) is 14.5 Å². The third kappa shape index (κ3) is 2.88. The number of pyridine rings is 1. The van der Waals surface area contributed by atoms with Crippen LogP contribution in [0, 0.1) is 0 Å². The lowest BCUT2D eigenvalue weighted by Crippen LogP contribution is -2.02. The van der Waals surface area contributed by atoms with E-state index < -0.39 is 0 Å². The summed E-state index contributed by atoms with van der Waals surface area (Å²) in [5.41, 5.74) is 11.7. The first kappa shape index (κ1) is 17.4. The molecule has 0 bridgehead atoms. The molecule has 3 heterocycles. The number of fused-ring (bicyclic) bond motifs is 3. The maximum atomic E-state index is 6.56. The molecule has 4 nitrogen and oxygen atoms in total. The zero-order chi connectivity index (χ0) is 19.1. The van der Waals surface area contributed by atoms with Crippen LogP contribution in [0.3, 0.4) is 0 Å². The molecule has 0 aliphatic rings. The molecule has 0 aliphatic heterocycles. The Morgan fingerprint density at radius 3 is 2.64 bits per heavy atom. The molecule has 0 saturated heterocycles. The quantitative estimate of drug-likeness (QED) is 0.433. The average Bonchev–Trinajstić information content (AvgIpc) is 3.38. The van der Waals surface area contributed by atoms with E-state index in [1.54, 1.807) is 17.5 Å². The number of aromatic nitrogens is 3. The summed E-state index contributed by atoms with van der Waals surface area (Å²) in [6.07, 6.45) is 4.53. The monoisotopic (exact) mass is 404 g/mol. The first-order valence-corrected chi connectivity index (χ1v) is 10.3. The van der Waals surface area contributed by atoms with Crippen molar-refractivity contribution in [1.29, 1.82) is 0 Å². The molecule has 0 fully saturated rings. The number of halogens is 1. The Kier molecular flexibility index (Phi) is 4.36. The van der Waals surface area contributed by atoms with E-state index in [4.69, 9.17) is 17.3 Å². The van der Waals surface area contributed by atoms with Crippen LogP contribution >= 0.6 is 22.9 Å². The Morgan fingerprint density at radius 1 is 1.04 bits per heavy atom. The topological polar surface area (TPSA) is 56.7 Å². The molecule has 0 unspecified atom stereocenters. The molecule has 2 N–H and O–H groups in total. The van der Waals surface area contributed by atoms with Gasteiger partial charge in [0.15, 0.2) is 0 Å². The highest BCUT2D eigenvalue weighted by Gasteiger charge is 2.14. The molecule has 138 valence electrons. The normalized spacial score (nSPS) is 11.5. The molecule has 2 aromatic carbocycles. The van der Waals surface area contributed by atoms with Gasteiger partial charge in [0.05, 0.1) is 22.3 Å². The molecule has 0 saturated carbocycles. The van der Waals surface area contributed by atoms with Gasteiger partial charge in [-0.05, 0) is 54.2 Å². The molecule has 0 amide bonds. The molecule has 0 atom stereocenters. The zero-order valence-corrected chi connectivity index (χ0v) is 16.5. The van der Waals surface area contributed by atoms with Crippen molar-refractivity contribution >= 4 is 44.9 Å². The van der Waals surface area contributed by atoms with Gasteiger partial charge in [0.1, 0.15) is 11.8 Å². The summed E-state index contributed by atoms with van der Waals surface area (Å²) >= 11 is 8.23. The molecule has 0 radical (unpaired) electrons. The van der Waals surface area contributed by atoms with Gasteiger partial charge in [0.2, 0.25) is 0 Å². The highest BCUT2D eigenvalue weighted by atomic mass is 35.5. The van der Waals surface area contributed by atoms with E-state index in [-0.39, 0.29) is 0 Å². The Morgan fingerprint density at radius 2 is 1.89 bits per heavy atom. The van der Waals surface area contributed by atoms with E-state index >= 15 is 0 Å². The molecular formula is C22H17ClN4S. The number of thiophene rings is 1. The van der Waals surface area contributed by atoms with Crippen LogP contribution in [-0.4, -0.2) is 21.1 Å². The lowest BCUT2D eigenvalue weighted by Gasteiger charge is -2.10. The van der Waals surface area contributed by atoms with Gasteiger partial charge in [-0.1, -0.05) is 29.8 Å². The van der Waals surface area contributed by atoms with Crippen molar-refractivity contribution in [2.45, 2.75) is 6.42 Å². The summed E-state index contributed by atoms with van der Waals surface area (Å²) in [7, 11) is 0. The van der Waals surface area contributed by atoms with Crippen molar-refractivity contribution in [2.75, 3.05) is 6.54 Å². The van der Waals surface area contributed by atoms with Crippen molar-refractivity contribution in [3.8, 4) is 16.1 Å². The number of hydrogen-bond donors (Lipinski definition) is 1. The largest absolute Gasteiger partial charge is 0.330 e. The van der Waals surface area contributed by atoms with Gasteiger partial charge in [-0.25, -0.2) is 4.98 Å². The molecule has 3 aromatic heterocycles. The smallest absolute Gasteiger partial charge is 0.108 e. The van der Waals surface area contributed by atoms with Crippen LogP contribution < -0.4 is 5.73 Å². The number of benzene rings is 2. The standard InChI is InChI=1S/C22H17ClN4S/c23-18-11-19-17(10-16(18)21-2-1-9-28-21)22-20(12-25-19)26-13-27(22)15-5-3-14(4-6-15)7-8-24/h1-6,9-13H,7-8,24H2. The third-order valence-corrected chi connectivity index (χ3v) is 6.11. The van der Waals surface area contributed by atoms with Crippen molar-refractivity contribution in [3.05, 3.63) is 77.0 Å². The van der Waals surface area contributed by atoms with Crippen LogP contribution in [0.25, 0.3) is 38.1 Å². The fraction of sp³-hybridized carbons (Fsp3) is 0.0909. The highest BCUT2D eigenvalue weighted by molar-refractivity contribution is 7.13. The second-order valence-corrected chi connectivity index (χ2v) is 7.99. The van der Waals surface area contributed by atoms with Gasteiger partial charge in [-0.15, -0.1) is 11.3 Å². The van der Waals surface area contributed by atoms with Crippen LogP contribution in [0.4, 0.5) is 0 Å². The number of imidazole rings is 1. The Bertz CT molecular complexity index is 1270. The van der Waals surface area contributed by atoms with E-state index in [0.717, 1.165) is 44.5 Å². The predicted molar refractivity (Wildman–Crippen MR) is 117 cm³/mol. The Labute approximate surface area is 171 Å². The van der Waals surface area contributed by atoms with Crippen molar-refractivity contribution in [3.63, 3.8) is 0 Å². The molecule has 0 aliphatic carbocycles. The van der Waals surface area contributed by atoms with Crippen molar-refractivity contribution in [2.24, 2.45) is 5.73 Å². The van der Waals surface area contributed by atoms with E-state index in [1.807, 2.05) is 18.5 Å². The maximum Gasteiger partial charge on any atom is 0.108 e. The summed E-state index contributed by atoms with van der Waals surface area (Å²) in [5, 5.41) is 3.80. The molecule has 28 heavy (non-hydrogen) atoms. The van der Waals surface area contributed by atoms with Gasteiger partial charge >= 0.3 is 0 Å². The highest BCUT2D eigenvalue weighted by Crippen LogP contribution is 2.36. The van der Waals surface area contributed by atoms with E-state index in [1.165, 1.54) is 5.56 Å². The Hall–Kier alpha value is -2.73. The molecule has 5 aromatic rings. The van der Waals surface area contributed by atoms with E-state index in [0.29, 0.717) is 11.6 Å². The summed E-state index contributed by atoms with van der Waals surface area (Å²) < 4.78 is 2.11. The van der Waals surface area contributed by atoms with Gasteiger partial charge in [-0.3, -0.25) is 9.55 Å². The Balaban J connectivity index is 1.75. The number of hydrogen-bond acceptors (Lipinski definition) is 4. The second-order valence-electron chi connectivity index (χ2n) is 6.64. The first-order valence-electron chi connectivity index (χ1n) is 9.03. The van der Waals surface area contributed by atoms with Crippen LogP contribution in [-0.2, 0) is 6.42 Å². The molecule has 5 rings (SSSR count). The fourth-order valence-electron chi connectivity index (χ4n) is 3.52. The van der Waals surface area contributed by atoms with E-state index in [9.17, 15) is 0 Å². The van der Waals surface area contributed by atoms with Gasteiger partial charge in [0, 0.05) is 21.5 Å². The van der Waals surface area contributed by atoms with Gasteiger partial charge in [0.25, 0.3) is 0 Å². The maximum absolute atomic E-state index is 6.56. The van der Waals surface area contributed by atoms with Crippen LogP contribution in [0.1, 0.15) is 5.56 Å². The minimum Gasteiger partial charge on any atom is -0.330 e. The lowest BCUT2D eigenvalue weighted by atomic mass is 10.1. The summed E-state index contributed by atoms with van der Waals surface area (Å²) in [4.78, 5) is 10.3.